The number of hydrogen-bond acceptors (Lipinski definition) is 4. The number of benzene rings is 3. The zero-order chi connectivity index (χ0) is 22.5. The van der Waals surface area contributed by atoms with E-state index in [-0.39, 0.29) is 11.9 Å². The Kier molecular flexibility index (Phi) is 6.61. The first kappa shape index (κ1) is 21.7. The van der Waals surface area contributed by atoms with E-state index in [1.54, 1.807) is 43.5 Å². The van der Waals surface area contributed by atoms with Gasteiger partial charge >= 0.3 is 0 Å². The first-order chi connectivity index (χ1) is 15.5. The number of rotatable bonds is 8. The molecule has 1 N–H and O–H groups in total. The van der Waals surface area contributed by atoms with E-state index in [4.69, 9.17) is 26.1 Å². The van der Waals surface area contributed by atoms with Gasteiger partial charge in [0.05, 0.1) is 30.7 Å². The summed E-state index contributed by atoms with van der Waals surface area (Å²) in [7, 11) is 1.60. The lowest BCUT2D eigenvalue weighted by atomic mass is 10.2. The number of hydrogen-bond donors (Lipinski definition) is 1. The fourth-order valence-electron chi connectivity index (χ4n) is 3.53. The summed E-state index contributed by atoms with van der Waals surface area (Å²) in [6.45, 7) is 2.97. The van der Waals surface area contributed by atoms with Gasteiger partial charge in [-0.15, -0.1) is 0 Å². The SMILES string of the molecule is COc1ccc(C(=O)NC(C)c2nc3ccccc3n2CCOc2ccc(Cl)cc2)cc1. The van der Waals surface area contributed by atoms with Gasteiger partial charge in [0.25, 0.3) is 5.91 Å². The molecule has 7 heteroatoms. The molecule has 0 saturated heterocycles. The van der Waals surface area contributed by atoms with E-state index in [0.29, 0.717) is 29.5 Å². The summed E-state index contributed by atoms with van der Waals surface area (Å²) in [6.07, 6.45) is 0. The molecule has 3 aromatic carbocycles. The summed E-state index contributed by atoms with van der Waals surface area (Å²) in [5.74, 6) is 2.06. The standard InChI is InChI=1S/C25H24ClN3O3/c1-17(27-25(30)18-7-11-20(31-2)12-8-18)24-28-22-5-3-4-6-23(22)29(24)15-16-32-21-13-9-19(26)10-14-21/h3-14,17H,15-16H2,1-2H3,(H,27,30). The normalized spacial score (nSPS) is 11.8. The van der Waals surface area contributed by atoms with Crippen molar-refractivity contribution in [3.8, 4) is 11.5 Å². The Bertz CT molecular complexity index is 1200. The lowest BCUT2D eigenvalue weighted by Gasteiger charge is -2.17. The van der Waals surface area contributed by atoms with Gasteiger partial charge in [-0.25, -0.2) is 4.98 Å². The maximum atomic E-state index is 12.8. The van der Waals surface area contributed by atoms with Crippen molar-refractivity contribution in [2.24, 2.45) is 0 Å². The van der Waals surface area contributed by atoms with Crippen LogP contribution in [0.2, 0.25) is 5.02 Å². The molecule has 0 aliphatic carbocycles. The highest BCUT2D eigenvalue weighted by molar-refractivity contribution is 6.30. The molecule has 0 spiro atoms. The number of ether oxygens (including phenoxy) is 2. The van der Waals surface area contributed by atoms with Crippen LogP contribution in [0.4, 0.5) is 0 Å². The second kappa shape index (κ2) is 9.75. The molecule has 0 aliphatic heterocycles. The third-order valence-corrected chi connectivity index (χ3v) is 5.42. The van der Waals surface area contributed by atoms with Crippen LogP contribution in [0.25, 0.3) is 11.0 Å². The number of nitrogens with zero attached hydrogens (tertiary/aromatic N) is 2. The van der Waals surface area contributed by atoms with Crippen LogP contribution in [0.1, 0.15) is 29.1 Å². The van der Waals surface area contributed by atoms with Crippen molar-refractivity contribution in [3.05, 3.63) is 89.2 Å². The van der Waals surface area contributed by atoms with E-state index in [0.717, 1.165) is 22.6 Å². The third-order valence-electron chi connectivity index (χ3n) is 5.17. The molecule has 164 valence electrons. The van der Waals surface area contributed by atoms with Gasteiger partial charge in [0.15, 0.2) is 0 Å². The van der Waals surface area contributed by atoms with Crippen LogP contribution in [0.15, 0.2) is 72.8 Å². The van der Waals surface area contributed by atoms with Crippen molar-refractivity contribution in [1.82, 2.24) is 14.9 Å². The van der Waals surface area contributed by atoms with E-state index >= 15 is 0 Å². The Morgan fingerprint density at radius 2 is 1.72 bits per heavy atom. The molecule has 1 heterocycles. The Labute approximate surface area is 191 Å². The molecule has 1 atom stereocenters. The molecule has 1 aromatic heterocycles. The minimum absolute atomic E-state index is 0.170. The van der Waals surface area contributed by atoms with Gasteiger partial charge < -0.3 is 19.4 Å². The first-order valence-electron chi connectivity index (χ1n) is 10.3. The van der Waals surface area contributed by atoms with Gasteiger partial charge in [0.1, 0.15) is 23.9 Å². The summed E-state index contributed by atoms with van der Waals surface area (Å²) in [5.41, 5.74) is 2.43. The molecule has 0 fully saturated rings. The number of amides is 1. The minimum atomic E-state index is -0.299. The second-order valence-corrected chi connectivity index (χ2v) is 7.77. The van der Waals surface area contributed by atoms with Crippen molar-refractivity contribution >= 4 is 28.5 Å². The Morgan fingerprint density at radius 3 is 2.44 bits per heavy atom. The van der Waals surface area contributed by atoms with Crippen molar-refractivity contribution in [2.75, 3.05) is 13.7 Å². The zero-order valence-corrected chi connectivity index (χ0v) is 18.7. The fraction of sp³-hybridized carbons (Fsp3) is 0.200. The number of para-hydroxylation sites is 2. The number of methoxy groups -OCH3 is 1. The van der Waals surface area contributed by atoms with E-state index in [1.165, 1.54) is 0 Å². The Morgan fingerprint density at radius 1 is 1.03 bits per heavy atom. The summed E-state index contributed by atoms with van der Waals surface area (Å²) in [4.78, 5) is 17.5. The number of carbonyl (C=O) groups excluding carboxylic acids is 1. The lowest BCUT2D eigenvalue weighted by Crippen LogP contribution is -2.29. The van der Waals surface area contributed by atoms with Crippen LogP contribution >= 0.6 is 11.6 Å². The van der Waals surface area contributed by atoms with Gasteiger partial charge in [0, 0.05) is 10.6 Å². The monoisotopic (exact) mass is 449 g/mol. The van der Waals surface area contributed by atoms with E-state index in [1.807, 2.05) is 43.3 Å². The van der Waals surface area contributed by atoms with E-state index in [2.05, 4.69) is 9.88 Å². The van der Waals surface area contributed by atoms with Crippen LogP contribution < -0.4 is 14.8 Å². The summed E-state index contributed by atoms with van der Waals surface area (Å²) in [5, 5.41) is 3.72. The van der Waals surface area contributed by atoms with Crippen LogP contribution in [-0.2, 0) is 6.54 Å². The molecule has 0 radical (unpaired) electrons. The maximum absolute atomic E-state index is 12.8. The summed E-state index contributed by atoms with van der Waals surface area (Å²) >= 11 is 5.94. The van der Waals surface area contributed by atoms with E-state index < -0.39 is 0 Å². The molecular weight excluding hydrogens is 426 g/mol. The van der Waals surface area contributed by atoms with E-state index in [9.17, 15) is 4.79 Å². The highest BCUT2D eigenvalue weighted by atomic mass is 35.5. The number of halogens is 1. The molecule has 0 aliphatic rings. The molecule has 0 bridgehead atoms. The fourth-order valence-corrected chi connectivity index (χ4v) is 3.66. The number of aromatic nitrogens is 2. The maximum Gasteiger partial charge on any atom is 0.251 e. The lowest BCUT2D eigenvalue weighted by molar-refractivity contribution is 0.0937. The average Bonchev–Trinajstić information content (AvgIpc) is 3.19. The molecule has 1 amide bonds. The van der Waals surface area contributed by atoms with Crippen molar-refractivity contribution in [2.45, 2.75) is 19.5 Å². The third kappa shape index (κ3) is 4.86. The molecule has 6 nitrogen and oxygen atoms in total. The number of carbonyl (C=O) groups is 1. The largest absolute Gasteiger partial charge is 0.497 e. The topological polar surface area (TPSA) is 65.4 Å². The second-order valence-electron chi connectivity index (χ2n) is 7.34. The quantitative estimate of drug-likeness (QED) is 0.398. The van der Waals surface area contributed by atoms with Gasteiger partial charge in [-0.3, -0.25) is 4.79 Å². The van der Waals surface area contributed by atoms with Crippen LogP contribution in [-0.4, -0.2) is 29.2 Å². The predicted octanol–water partition coefficient (Wildman–Crippen LogP) is 5.27. The Balaban J connectivity index is 1.51. The number of nitrogens with one attached hydrogen (secondary N) is 1. The minimum Gasteiger partial charge on any atom is -0.497 e. The molecule has 4 aromatic rings. The first-order valence-corrected chi connectivity index (χ1v) is 10.7. The van der Waals surface area contributed by atoms with Crippen LogP contribution in [0, 0.1) is 0 Å². The van der Waals surface area contributed by atoms with Crippen LogP contribution in [0.5, 0.6) is 11.5 Å². The number of fused-ring (bicyclic) bond motifs is 1. The van der Waals surface area contributed by atoms with Crippen molar-refractivity contribution in [3.63, 3.8) is 0 Å². The summed E-state index contributed by atoms with van der Waals surface area (Å²) < 4.78 is 13.1. The molecule has 32 heavy (non-hydrogen) atoms. The van der Waals surface area contributed by atoms with Gasteiger partial charge in [-0.2, -0.15) is 0 Å². The average molecular weight is 450 g/mol. The molecule has 4 rings (SSSR count). The highest BCUT2D eigenvalue weighted by Gasteiger charge is 2.19. The Hall–Kier alpha value is -3.51. The molecule has 0 saturated carbocycles. The van der Waals surface area contributed by atoms with Gasteiger partial charge in [-0.05, 0) is 67.6 Å². The predicted molar refractivity (Wildman–Crippen MR) is 126 cm³/mol. The molecular formula is C25H24ClN3O3. The zero-order valence-electron chi connectivity index (χ0n) is 17.9. The van der Waals surface area contributed by atoms with Gasteiger partial charge in [-0.1, -0.05) is 23.7 Å². The highest BCUT2D eigenvalue weighted by Crippen LogP contribution is 2.22. The van der Waals surface area contributed by atoms with Crippen LogP contribution in [0.3, 0.4) is 0 Å². The smallest absolute Gasteiger partial charge is 0.251 e. The molecule has 1 unspecified atom stereocenters. The van der Waals surface area contributed by atoms with Crippen molar-refractivity contribution < 1.29 is 14.3 Å². The number of imidazole rings is 1. The van der Waals surface area contributed by atoms with Crippen molar-refractivity contribution in [1.29, 1.82) is 0 Å². The summed E-state index contributed by atoms with van der Waals surface area (Å²) in [6, 6.07) is 21.9. The van der Waals surface area contributed by atoms with Gasteiger partial charge in [0.2, 0.25) is 0 Å².